The van der Waals surface area contributed by atoms with Crippen molar-refractivity contribution < 1.29 is 14.3 Å². The molecule has 6 nitrogen and oxygen atoms in total. The van der Waals surface area contributed by atoms with E-state index in [0.717, 1.165) is 10.2 Å². The van der Waals surface area contributed by atoms with Crippen LogP contribution in [0.25, 0.3) is 10.2 Å². The Morgan fingerprint density at radius 2 is 2.12 bits per heavy atom. The molecule has 1 aromatic carbocycles. The maximum Gasteiger partial charge on any atom is 0.339 e. The maximum atomic E-state index is 12.4. The summed E-state index contributed by atoms with van der Waals surface area (Å²) in [5.74, 6) is -1.05. The number of carbonyl (C=O) groups excluding carboxylic acids is 2. The fourth-order valence-corrected chi connectivity index (χ4v) is 3.20. The van der Waals surface area contributed by atoms with Gasteiger partial charge in [-0.1, -0.05) is 42.0 Å². The molecule has 0 aliphatic rings. The summed E-state index contributed by atoms with van der Waals surface area (Å²) in [5.41, 5.74) is 1.05. The molecule has 1 amide bonds. The lowest BCUT2D eigenvalue weighted by Gasteiger charge is -2.15. The number of pyridine rings is 1. The summed E-state index contributed by atoms with van der Waals surface area (Å²) in [6.07, 6.45) is 0.814. The van der Waals surface area contributed by atoms with Gasteiger partial charge < -0.3 is 4.74 Å². The lowest BCUT2D eigenvalue weighted by molar-refractivity contribution is -0.124. The molecule has 1 N–H and O–H groups in total. The number of nitrogens with one attached hydrogen (secondary N) is 1. The Morgan fingerprint density at radius 1 is 1.32 bits per heavy atom. The van der Waals surface area contributed by atoms with E-state index in [0.29, 0.717) is 11.6 Å². The number of esters is 1. The molecule has 0 aliphatic carbocycles. The molecule has 0 saturated heterocycles. The van der Waals surface area contributed by atoms with Crippen LogP contribution in [0.2, 0.25) is 5.15 Å². The normalized spacial score (nSPS) is 11.9. The summed E-state index contributed by atoms with van der Waals surface area (Å²) in [4.78, 5) is 32.7. The van der Waals surface area contributed by atoms with Crippen molar-refractivity contribution in [3.8, 4) is 0 Å². The van der Waals surface area contributed by atoms with Crippen LogP contribution in [-0.4, -0.2) is 27.9 Å². The number of nitrogens with zero attached hydrogens (tertiary/aromatic N) is 2. The highest BCUT2D eigenvalue weighted by Gasteiger charge is 2.23. The topological polar surface area (TPSA) is 81.2 Å². The van der Waals surface area contributed by atoms with Gasteiger partial charge in [0.2, 0.25) is 0 Å². The third kappa shape index (κ3) is 4.12. The predicted molar refractivity (Wildman–Crippen MR) is 97.0 cm³/mol. The van der Waals surface area contributed by atoms with Crippen LogP contribution >= 0.6 is 22.9 Å². The number of aromatic nitrogens is 2. The van der Waals surface area contributed by atoms with E-state index in [9.17, 15) is 9.59 Å². The maximum absolute atomic E-state index is 12.4. The van der Waals surface area contributed by atoms with Crippen LogP contribution < -0.4 is 5.32 Å². The first-order valence-electron chi connectivity index (χ1n) is 7.56. The fourth-order valence-electron chi connectivity index (χ4n) is 2.16. The molecule has 8 heteroatoms. The predicted octanol–water partition coefficient (Wildman–Crippen LogP) is 3.92. The number of para-hydroxylation sites is 1. The van der Waals surface area contributed by atoms with Crippen molar-refractivity contribution in [3.63, 3.8) is 0 Å². The summed E-state index contributed by atoms with van der Waals surface area (Å²) in [7, 11) is 0. The van der Waals surface area contributed by atoms with Crippen molar-refractivity contribution in [1.82, 2.24) is 9.97 Å². The van der Waals surface area contributed by atoms with Gasteiger partial charge in [-0.15, -0.1) is 0 Å². The third-order valence-electron chi connectivity index (χ3n) is 3.40. The van der Waals surface area contributed by atoms with Crippen LogP contribution in [0.1, 0.15) is 23.7 Å². The average Bonchev–Trinajstić information content (AvgIpc) is 3.01. The second kappa shape index (κ2) is 7.58. The Kier molecular flexibility index (Phi) is 5.25. The summed E-state index contributed by atoms with van der Waals surface area (Å²) in [5, 5.41) is 3.35. The summed E-state index contributed by atoms with van der Waals surface area (Å²) in [6, 6.07) is 10.4. The van der Waals surface area contributed by atoms with Crippen molar-refractivity contribution in [1.29, 1.82) is 0 Å². The zero-order chi connectivity index (χ0) is 17.8. The molecule has 3 aromatic rings. The lowest BCUT2D eigenvalue weighted by atomic mass is 10.2. The number of carbonyl (C=O) groups is 2. The van der Waals surface area contributed by atoms with Crippen molar-refractivity contribution >= 4 is 50.2 Å². The molecule has 25 heavy (non-hydrogen) atoms. The zero-order valence-corrected chi connectivity index (χ0v) is 14.8. The number of ether oxygens (including phenoxy) is 1. The quantitative estimate of drug-likeness (QED) is 0.540. The fraction of sp³-hybridized carbons (Fsp3) is 0.176. The number of thiazole rings is 1. The Hall–Kier alpha value is -2.51. The van der Waals surface area contributed by atoms with Crippen molar-refractivity contribution in [2.45, 2.75) is 19.4 Å². The van der Waals surface area contributed by atoms with E-state index in [2.05, 4.69) is 15.3 Å². The minimum Gasteiger partial charge on any atom is -0.449 e. The van der Waals surface area contributed by atoms with E-state index in [1.807, 2.05) is 24.3 Å². The largest absolute Gasteiger partial charge is 0.449 e. The number of benzene rings is 1. The average molecular weight is 376 g/mol. The minimum absolute atomic E-state index is 0.182. The molecular weight excluding hydrogens is 362 g/mol. The van der Waals surface area contributed by atoms with Crippen LogP contribution in [0.15, 0.2) is 42.6 Å². The summed E-state index contributed by atoms with van der Waals surface area (Å²) < 4.78 is 6.26. The summed E-state index contributed by atoms with van der Waals surface area (Å²) in [6.45, 7) is 1.76. The molecular formula is C17H14ClN3O3S. The van der Waals surface area contributed by atoms with E-state index >= 15 is 0 Å². The second-order valence-corrected chi connectivity index (χ2v) is 6.56. The van der Waals surface area contributed by atoms with E-state index < -0.39 is 18.0 Å². The molecule has 0 saturated carbocycles. The smallest absolute Gasteiger partial charge is 0.339 e. The van der Waals surface area contributed by atoms with Crippen LogP contribution in [0, 0.1) is 0 Å². The zero-order valence-electron chi connectivity index (χ0n) is 13.2. The van der Waals surface area contributed by atoms with E-state index in [-0.39, 0.29) is 10.7 Å². The lowest BCUT2D eigenvalue weighted by Crippen LogP contribution is -2.32. The number of fused-ring (bicyclic) bond motifs is 1. The van der Waals surface area contributed by atoms with E-state index in [1.165, 1.54) is 29.7 Å². The molecule has 0 fully saturated rings. The molecule has 128 valence electrons. The van der Waals surface area contributed by atoms with Crippen LogP contribution in [0.5, 0.6) is 0 Å². The molecule has 0 spiro atoms. The third-order valence-corrected chi connectivity index (χ3v) is 4.56. The van der Waals surface area contributed by atoms with E-state index in [4.69, 9.17) is 16.3 Å². The molecule has 1 unspecified atom stereocenters. The highest BCUT2D eigenvalue weighted by Crippen LogP contribution is 2.25. The summed E-state index contributed by atoms with van der Waals surface area (Å²) >= 11 is 7.12. The molecule has 0 radical (unpaired) electrons. The minimum atomic E-state index is -0.925. The molecule has 1 atom stereocenters. The van der Waals surface area contributed by atoms with Gasteiger partial charge in [0.25, 0.3) is 5.91 Å². The van der Waals surface area contributed by atoms with Gasteiger partial charge in [-0.25, -0.2) is 14.8 Å². The van der Waals surface area contributed by atoms with Gasteiger partial charge in [0, 0.05) is 6.20 Å². The van der Waals surface area contributed by atoms with Gasteiger partial charge in [0.1, 0.15) is 5.15 Å². The van der Waals surface area contributed by atoms with Crippen LogP contribution in [0.3, 0.4) is 0 Å². The highest BCUT2D eigenvalue weighted by atomic mass is 35.5. The van der Waals surface area contributed by atoms with Gasteiger partial charge in [-0.2, -0.15) is 0 Å². The van der Waals surface area contributed by atoms with Gasteiger partial charge in [0.15, 0.2) is 11.2 Å². The highest BCUT2D eigenvalue weighted by molar-refractivity contribution is 7.22. The Labute approximate surface area is 152 Å². The molecule has 0 bridgehead atoms. The first-order valence-corrected chi connectivity index (χ1v) is 8.75. The standard InChI is InChI=1S/C17H14ClN3O3S/c1-2-12(24-16(23)10-7-8-19-14(18)9-10)15(22)21-17-20-11-5-3-4-6-13(11)25-17/h3-9,12H,2H2,1H3,(H,20,21,22). The number of rotatable bonds is 5. The first kappa shape index (κ1) is 17.3. The van der Waals surface area contributed by atoms with Crippen LogP contribution in [0.4, 0.5) is 5.13 Å². The van der Waals surface area contributed by atoms with Gasteiger partial charge in [0.05, 0.1) is 15.8 Å². The van der Waals surface area contributed by atoms with Gasteiger partial charge >= 0.3 is 5.97 Å². The van der Waals surface area contributed by atoms with E-state index in [1.54, 1.807) is 6.92 Å². The monoisotopic (exact) mass is 375 g/mol. The van der Waals surface area contributed by atoms with Gasteiger partial charge in [-0.3, -0.25) is 10.1 Å². The molecule has 0 aliphatic heterocycles. The van der Waals surface area contributed by atoms with Gasteiger partial charge in [-0.05, 0) is 30.7 Å². The van der Waals surface area contributed by atoms with Crippen molar-refractivity contribution in [3.05, 3.63) is 53.3 Å². The Morgan fingerprint density at radius 3 is 2.84 bits per heavy atom. The first-order chi connectivity index (χ1) is 12.1. The van der Waals surface area contributed by atoms with Crippen molar-refractivity contribution in [2.75, 3.05) is 5.32 Å². The van der Waals surface area contributed by atoms with Crippen molar-refractivity contribution in [2.24, 2.45) is 0 Å². The number of hydrogen-bond acceptors (Lipinski definition) is 6. The number of hydrogen-bond donors (Lipinski definition) is 1. The second-order valence-electron chi connectivity index (χ2n) is 5.15. The SMILES string of the molecule is CCC(OC(=O)c1ccnc(Cl)c1)C(=O)Nc1nc2ccccc2s1. The Bertz CT molecular complexity index is 895. The number of halogens is 1. The Balaban J connectivity index is 1.69. The molecule has 2 heterocycles. The number of anilines is 1. The molecule has 2 aromatic heterocycles. The molecule has 3 rings (SSSR count). The van der Waals surface area contributed by atoms with Crippen LogP contribution in [-0.2, 0) is 9.53 Å². The number of amides is 1.